The van der Waals surface area contributed by atoms with Crippen LogP contribution in [0.1, 0.15) is 39.5 Å². The van der Waals surface area contributed by atoms with Gasteiger partial charge in [-0.05, 0) is 34.4 Å². The summed E-state index contributed by atoms with van der Waals surface area (Å²) in [6, 6.07) is 47.5. The third-order valence-electron chi connectivity index (χ3n) is 8.62. The fourth-order valence-corrected chi connectivity index (χ4v) is 5.93. The topological polar surface area (TPSA) is 92.7 Å². The smallest absolute Gasteiger partial charge is 0.504 e. The van der Waals surface area contributed by atoms with Gasteiger partial charge in [0.05, 0.1) is 0 Å². The predicted molar refractivity (Wildman–Crippen MR) is 195 cm³/mol. The number of phenols is 1. The molecular weight excluding hydrogens is 656 g/mol. The monoisotopic (exact) mass is 694 g/mol. The molecule has 262 valence electrons. The lowest BCUT2D eigenvalue weighted by molar-refractivity contribution is -0.0349. The Kier molecular flexibility index (Phi) is 10.8. The van der Waals surface area contributed by atoms with E-state index in [1.165, 1.54) is 0 Å². The van der Waals surface area contributed by atoms with Gasteiger partial charge in [0.2, 0.25) is 0 Å². The molecule has 8 nitrogen and oxygen atoms in total. The summed E-state index contributed by atoms with van der Waals surface area (Å²) in [4.78, 5) is 13.2. The minimum atomic E-state index is -0.834. The Morgan fingerprint density at radius 2 is 1.12 bits per heavy atom. The summed E-state index contributed by atoms with van der Waals surface area (Å²) in [5.74, 6) is 1.88. The standard InChI is InChI=1S/C44H38O8/c45-38-22-21-35(23-41(38)49-29-33-17-9-3-10-18-33)43-42(52-44(46)50-30-34-19-11-4-12-20-34)26-37-39(48-28-32-15-7-2-8-16-32)24-36(25-40(37)51-43)47-27-31-13-5-1-6-14-31/h1-25,42-43,45H,26-30H2/t42-,43-/m1/s1. The van der Waals surface area contributed by atoms with E-state index in [4.69, 9.17) is 28.4 Å². The van der Waals surface area contributed by atoms with Gasteiger partial charge in [-0.15, -0.1) is 0 Å². The SMILES string of the molecule is O=C(OCc1ccccc1)O[C@@H]1Cc2c(OCc3ccccc3)cc(OCc3ccccc3)cc2O[C@@H]1c1ccc(O)c(OCc2ccccc2)c1. The van der Waals surface area contributed by atoms with Gasteiger partial charge < -0.3 is 33.5 Å². The fourth-order valence-electron chi connectivity index (χ4n) is 5.93. The molecule has 2 atom stereocenters. The van der Waals surface area contributed by atoms with Crippen molar-refractivity contribution in [1.82, 2.24) is 0 Å². The van der Waals surface area contributed by atoms with E-state index in [0.29, 0.717) is 36.0 Å². The zero-order chi connectivity index (χ0) is 35.5. The van der Waals surface area contributed by atoms with Crippen LogP contribution in [-0.2, 0) is 42.3 Å². The van der Waals surface area contributed by atoms with E-state index in [9.17, 15) is 9.90 Å². The van der Waals surface area contributed by atoms with Crippen molar-refractivity contribution in [2.24, 2.45) is 0 Å². The summed E-state index contributed by atoms with van der Waals surface area (Å²) in [7, 11) is 0. The number of carbonyl (C=O) groups excluding carboxylic acids is 1. The van der Waals surface area contributed by atoms with Gasteiger partial charge in [-0.1, -0.05) is 127 Å². The highest BCUT2D eigenvalue weighted by Gasteiger charge is 2.37. The Balaban J connectivity index is 1.20. The molecule has 0 saturated carbocycles. The number of rotatable bonds is 13. The number of carbonyl (C=O) groups is 1. The van der Waals surface area contributed by atoms with E-state index < -0.39 is 18.4 Å². The second-order valence-electron chi connectivity index (χ2n) is 12.4. The molecule has 0 unspecified atom stereocenters. The first-order chi connectivity index (χ1) is 25.6. The van der Waals surface area contributed by atoms with Crippen molar-refractivity contribution in [2.75, 3.05) is 0 Å². The highest BCUT2D eigenvalue weighted by atomic mass is 16.7. The van der Waals surface area contributed by atoms with Crippen LogP contribution in [0.5, 0.6) is 28.7 Å². The first kappa shape index (κ1) is 34.1. The van der Waals surface area contributed by atoms with Crippen molar-refractivity contribution in [2.45, 2.75) is 45.1 Å². The first-order valence-electron chi connectivity index (χ1n) is 17.1. The van der Waals surface area contributed by atoms with E-state index in [-0.39, 0.29) is 31.1 Å². The van der Waals surface area contributed by atoms with Crippen LogP contribution in [0, 0.1) is 0 Å². The minimum absolute atomic E-state index is 0.0242. The third kappa shape index (κ3) is 8.84. The number of ether oxygens (including phenoxy) is 6. The summed E-state index contributed by atoms with van der Waals surface area (Å²) in [5.41, 5.74) is 5.14. The number of hydrogen-bond acceptors (Lipinski definition) is 8. The molecular formula is C44H38O8. The Hall–Kier alpha value is -6.41. The summed E-state index contributed by atoms with van der Waals surface area (Å²) in [5, 5.41) is 10.7. The van der Waals surface area contributed by atoms with Crippen molar-refractivity contribution < 1.29 is 38.3 Å². The molecule has 0 amide bonds. The van der Waals surface area contributed by atoms with Crippen LogP contribution < -0.4 is 18.9 Å². The van der Waals surface area contributed by atoms with Crippen LogP contribution in [0.15, 0.2) is 152 Å². The maximum absolute atomic E-state index is 13.2. The molecule has 0 saturated heterocycles. The predicted octanol–water partition coefficient (Wildman–Crippen LogP) is 9.53. The highest BCUT2D eigenvalue weighted by Crippen LogP contribution is 2.45. The summed E-state index contributed by atoms with van der Waals surface area (Å²) >= 11 is 0. The molecule has 7 rings (SSSR count). The van der Waals surface area contributed by atoms with Gasteiger partial charge in [-0.2, -0.15) is 0 Å². The van der Waals surface area contributed by atoms with Crippen molar-refractivity contribution in [3.8, 4) is 28.7 Å². The molecule has 0 aromatic heterocycles. The van der Waals surface area contributed by atoms with Crippen molar-refractivity contribution in [1.29, 1.82) is 0 Å². The number of fused-ring (bicyclic) bond motifs is 1. The largest absolute Gasteiger partial charge is 0.509 e. The van der Waals surface area contributed by atoms with Crippen molar-refractivity contribution >= 4 is 6.16 Å². The van der Waals surface area contributed by atoms with Gasteiger partial charge in [0, 0.05) is 29.7 Å². The maximum Gasteiger partial charge on any atom is 0.509 e. The van der Waals surface area contributed by atoms with E-state index in [1.54, 1.807) is 18.2 Å². The molecule has 0 radical (unpaired) electrons. The molecule has 0 bridgehead atoms. The average Bonchev–Trinajstić information content (AvgIpc) is 3.19. The van der Waals surface area contributed by atoms with Gasteiger partial charge in [0.25, 0.3) is 0 Å². The van der Waals surface area contributed by atoms with Crippen molar-refractivity contribution in [3.05, 3.63) is 185 Å². The Morgan fingerprint density at radius 1 is 0.596 bits per heavy atom. The molecule has 52 heavy (non-hydrogen) atoms. The van der Waals surface area contributed by atoms with Crippen LogP contribution in [0.25, 0.3) is 0 Å². The van der Waals surface area contributed by atoms with Crippen LogP contribution in [0.3, 0.4) is 0 Å². The van der Waals surface area contributed by atoms with E-state index in [1.807, 2.05) is 133 Å². The molecule has 1 N–H and O–H groups in total. The molecule has 6 aromatic carbocycles. The zero-order valence-corrected chi connectivity index (χ0v) is 28.4. The summed E-state index contributed by atoms with van der Waals surface area (Å²) in [6.07, 6.45) is -2.19. The number of aromatic hydroxyl groups is 1. The van der Waals surface area contributed by atoms with Crippen LogP contribution in [0.2, 0.25) is 0 Å². The molecule has 0 fully saturated rings. The van der Waals surface area contributed by atoms with E-state index in [0.717, 1.165) is 27.8 Å². The lowest BCUT2D eigenvalue weighted by atomic mass is 9.93. The summed E-state index contributed by atoms with van der Waals surface area (Å²) < 4.78 is 36.9. The minimum Gasteiger partial charge on any atom is -0.504 e. The third-order valence-corrected chi connectivity index (χ3v) is 8.62. The Morgan fingerprint density at radius 3 is 1.69 bits per heavy atom. The Labute approximate surface area is 302 Å². The van der Waals surface area contributed by atoms with Gasteiger partial charge in [0.1, 0.15) is 43.7 Å². The van der Waals surface area contributed by atoms with Crippen LogP contribution >= 0.6 is 0 Å². The number of benzene rings is 6. The maximum atomic E-state index is 13.2. The molecule has 1 aliphatic rings. The lowest BCUT2D eigenvalue weighted by Gasteiger charge is -2.34. The fraction of sp³-hybridized carbons (Fsp3) is 0.159. The average molecular weight is 695 g/mol. The van der Waals surface area contributed by atoms with Gasteiger partial charge in [0.15, 0.2) is 23.7 Å². The molecule has 6 aromatic rings. The van der Waals surface area contributed by atoms with Gasteiger partial charge >= 0.3 is 6.16 Å². The van der Waals surface area contributed by atoms with Crippen molar-refractivity contribution in [3.63, 3.8) is 0 Å². The zero-order valence-electron chi connectivity index (χ0n) is 28.4. The second-order valence-corrected chi connectivity index (χ2v) is 12.4. The number of hydrogen-bond donors (Lipinski definition) is 1. The second kappa shape index (κ2) is 16.5. The van der Waals surface area contributed by atoms with E-state index in [2.05, 4.69) is 0 Å². The van der Waals surface area contributed by atoms with Crippen LogP contribution in [0.4, 0.5) is 4.79 Å². The lowest BCUT2D eigenvalue weighted by Crippen LogP contribution is -2.35. The van der Waals surface area contributed by atoms with Gasteiger partial charge in [-0.3, -0.25) is 0 Å². The van der Waals surface area contributed by atoms with Gasteiger partial charge in [-0.25, -0.2) is 4.79 Å². The van der Waals surface area contributed by atoms with Crippen LogP contribution in [-0.4, -0.2) is 17.4 Å². The molecule has 0 spiro atoms. The number of phenolic OH excluding ortho intramolecular Hbond substituents is 1. The summed E-state index contributed by atoms with van der Waals surface area (Å²) in [6.45, 7) is 0.963. The molecule has 0 aliphatic carbocycles. The molecule has 8 heteroatoms. The normalized spacial score (nSPS) is 14.7. The molecule has 1 aliphatic heterocycles. The molecule has 1 heterocycles. The Bertz CT molecular complexity index is 2050. The quantitative estimate of drug-likeness (QED) is 0.120. The van der Waals surface area contributed by atoms with E-state index >= 15 is 0 Å². The highest BCUT2D eigenvalue weighted by molar-refractivity contribution is 5.61. The first-order valence-corrected chi connectivity index (χ1v) is 17.1.